The van der Waals surface area contributed by atoms with E-state index in [1.54, 1.807) is 24.3 Å². The van der Waals surface area contributed by atoms with Gasteiger partial charge in [0.15, 0.2) is 0 Å². The topological polar surface area (TPSA) is 105 Å². The number of ether oxygens (including phenoxy) is 4. The van der Waals surface area contributed by atoms with Crippen LogP contribution in [0.15, 0.2) is 24.3 Å². The Morgan fingerprint density at radius 1 is 0.500 bits per heavy atom. The summed E-state index contributed by atoms with van der Waals surface area (Å²) in [6, 6.07) is 6.60. The van der Waals surface area contributed by atoms with Gasteiger partial charge in [-0.25, -0.2) is 9.59 Å². The highest BCUT2D eigenvalue weighted by Crippen LogP contribution is 2.15. The maximum absolute atomic E-state index is 12.5. The van der Waals surface area contributed by atoms with E-state index in [2.05, 4.69) is 9.47 Å². The molecule has 0 fully saturated rings. The van der Waals surface area contributed by atoms with Crippen molar-refractivity contribution < 1.29 is 38.1 Å². The number of rotatable bonds is 22. The standard InChI is InChI=1S/C30H46O8/c1-35-27(31)21-13-9-5-3-7-11-17-23-37-29(33)25-19-15-16-20-26(25)30(34)38-24-18-12-8-4-6-10-14-22-28(32)36-2/h15-16,19-20H,3-14,17-18,21-24H2,1-2H3. The van der Waals surface area contributed by atoms with Crippen LogP contribution in [0.25, 0.3) is 0 Å². The number of benzene rings is 1. The molecular weight excluding hydrogens is 488 g/mol. The van der Waals surface area contributed by atoms with Crippen LogP contribution in [0.1, 0.15) is 123 Å². The van der Waals surface area contributed by atoms with Gasteiger partial charge >= 0.3 is 23.9 Å². The van der Waals surface area contributed by atoms with Crippen LogP contribution in [-0.2, 0) is 28.5 Å². The van der Waals surface area contributed by atoms with Gasteiger partial charge in [0.05, 0.1) is 38.6 Å². The van der Waals surface area contributed by atoms with Gasteiger partial charge < -0.3 is 18.9 Å². The molecule has 0 atom stereocenters. The van der Waals surface area contributed by atoms with E-state index >= 15 is 0 Å². The molecular formula is C30H46O8. The van der Waals surface area contributed by atoms with Crippen molar-refractivity contribution in [2.45, 2.75) is 103 Å². The zero-order valence-corrected chi connectivity index (χ0v) is 23.3. The van der Waals surface area contributed by atoms with Crippen LogP contribution in [-0.4, -0.2) is 51.3 Å². The Labute approximate surface area is 227 Å². The van der Waals surface area contributed by atoms with E-state index in [1.807, 2.05) is 0 Å². The van der Waals surface area contributed by atoms with Gasteiger partial charge in [-0.05, 0) is 37.8 Å². The lowest BCUT2D eigenvalue weighted by Crippen LogP contribution is -2.15. The molecule has 0 saturated heterocycles. The first-order chi connectivity index (χ1) is 18.5. The van der Waals surface area contributed by atoms with E-state index in [0.717, 1.165) is 89.9 Å². The van der Waals surface area contributed by atoms with Gasteiger partial charge in [0.2, 0.25) is 0 Å². The number of esters is 4. The van der Waals surface area contributed by atoms with Crippen molar-refractivity contribution in [2.24, 2.45) is 0 Å². The Morgan fingerprint density at radius 3 is 1.16 bits per heavy atom. The molecule has 0 aliphatic carbocycles. The minimum Gasteiger partial charge on any atom is -0.469 e. The Morgan fingerprint density at radius 2 is 0.816 bits per heavy atom. The fourth-order valence-electron chi connectivity index (χ4n) is 4.04. The summed E-state index contributed by atoms with van der Waals surface area (Å²) in [5, 5.41) is 0. The highest BCUT2D eigenvalue weighted by atomic mass is 16.5. The molecule has 1 rings (SSSR count). The maximum atomic E-state index is 12.5. The van der Waals surface area contributed by atoms with Gasteiger partial charge in [-0.1, -0.05) is 76.3 Å². The summed E-state index contributed by atoms with van der Waals surface area (Å²) in [6.07, 6.45) is 14.6. The summed E-state index contributed by atoms with van der Waals surface area (Å²) in [4.78, 5) is 47.2. The van der Waals surface area contributed by atoms with Gasteiger partial charge in [-0.2, -0.15) is 0 Å². The van der Waals surface area contributed by atoms with Crippen LogP contribution in [0.5, 0.6) is 0 Å². The third kappa shape index (κ3) is 16.0. The molecule has 1 aromatic carbocycles. The van der Waals surface area contributed by atoms with Gasteiger partial charge in [-0.3, -0.25) is 9.59 Å². The van der Waals surface area contributed by atoms with E-state index in [-0.39, 0.29) is 23.1 Å². The first-order valence-electron chi connectivity index (χ1n) is 14.1. The van der Waals surface area contributed by atoms with Crippen LogP contribution in [0, 0.1) is 0 Å². The smallest absolute Gasteiger partial charge is 0.339 e. The average molecular weight is 535 g/mol. The number of unbranched alkanes of at least 4 members (excludes halogenated alkanes) is 12. The van der Waals surface area contributed by atoms with Crippen molar-refractivity contribution in [1.82, 2.24) is 0 Å². The molecule has 1 aromatic rings. The molecule has 0 amide bonds. The van der Waals surface area contributed by atoms with E-state index in [4.69, 9.17) is 9.47 Å². The van der Waals surface area contributed by atoms with E-state index in [1.165, 1.54) is 14.2 Å². The Hall–Kier alpha value is -2.90. The number of carbonyl (C=O) groups is 4. The summed E-state index contributed by atoms with van der Waals surface area (Å²) in [7, 11) is 2.81. The molecule has 0 spiro atoms. The van der Waals surface area contributed by atoms with Crippen molar-refractivity contribution in [1.29, 1.82) is 0 Å². The van der Waals surface area contributed by atoms with Crippen LogP contribution >= 0.6 is 0 Å². The van der Waals surface area contributed by atoms with E-state index in [0.29, 0.717) is 26.1 Å². The van der Waals surface area contributed by atoms with E-state index < -0.39 is 11.9 Å². The maximum Gasteiger partial charge on any atom is 0.339 e. The van der Waals surface area contributed by atoms with Crippen molar-refractivity contribution in [3.8, 4) is 0 Å². The first kappa shape index (κ1) is 33.1. The van der Waals surface area contributed by atoms with Crippen molar-refractivity contribution >= 4 is 23.9 Å². The molecule has 214 valence electrons. The zero-order valence-electron chi connectivity index (χ0n) is 23.3. The second-order valence-electron chi connectivity index (χ2n) is 9.42. The van der Waals surface area contributed by atoms with Gasteiger partial charge in [0, 0.05) is 12.8 Å². The summed E-state index contributed by atoms with van der Waals surface area (Å²) in [6.45, 7) is 0.625. The quantitative estimate of drug-likeness (QED) is 0.0932. The molecule has 0 unspecified atom stereocenters. The largest absolute Gasteiger partial charge is 0.469 e. The predicted molar refractivity (Wildman–Crippen MR) is 145 cm³/mol. The fourth-order valence-corrected chi connectivity index (χ4v) is 4.04. The van der Waals surface area contributed by atoms with Crippen molar-refractivity contribution in [3.05, 3.63) is 35.4 Å². The van der Waals surface area contributed by atoms with Crippen LogP contribution in [0.3, 0.4) is 0 Å². The third-order valence-corrected chi connectivity index (χ3v) is 6.34. The lowest BCUT2D eigenvalue weighted by Gasteiger charge is -2.10. The number of methoxy groups -OCH3 is 2. The highest BCUT2D eigenvalue weighted by Gasteiger charge is 2.18. The number of hydrogen-bond donors (Lipinski definition) is 0. The minimum absolute atomic E-state index is 0.158. The van der Waals surface area contributed by atoms with E-state index in [9.17, 15) is 19.2 Å². The molecule has 0 N–H and O–H groups in total. The van der Waals surface area contributed by atoms with Crippen LogP contribution in [0.2, 0.25) is 0 Å². The Bertz CT molecular complexity index is 753. The third-order valence-electron chi connectivity index (χ3n) is 6.34. The Balaban J connectivity index is 2.16. The Kier molecular flexibility index (Phi) is 19.3. The molecule has 38 heavy (non-hydrogen) atoms. The van der Waals surface area contributed by atoms with Crippen LogP contribution in [0.4, 0.5) is 0 Å². The molecule has 0 bridgehead atoms. The normalized spacial score (nSPS) is 10.6. The predicted octanol–water partition coefficient (Wildman–Crippen LogP) is 6.59. The molecule has 0 aliphatic heterocycles. The molecule has 0 aromatic heterocycles. The molecule has 8 nitrogen and oxygen atoms in total. The molecule has 0 heterocycles. The minimum atomic E-state index is -0.507. The molecule has 0 aliphatic rings. The van der Waals surface area contributed by atoms with Crippen molar-refractivity contribution in [3.63, 3.8) is 0 Å². The van der Waals surface area contributed by atoms with Gasteiger partial charge in [0.1, 0.15) is 0 Å². The lowest BCUT2D eigenvalue weighted by atomic mass is 10.1. The van der Waals surface area contributed by atoms with Gasteiger partial charge in [-0.15, -0.1) is 0 Å². The second-order valence-corrected chi connectivity index (χ2v) is 9.42. The summed E-state index contributed by atoms with van der Waals surface area (Å²) in [5.74, 6) is -1.33. The number of carbonyl (C=O) groups excluding carboxylic acids is 4. The lowest BCUT2D eigenvalue weighted by molar-refractivity contribution is -0.141. The summed E-state index contributed by atoms with van der Waals surface area (Å²) in [5.41, 5.74) is 0.463. The number of hydrogen-bond acceptors (Lipinski definition) is 8. The summed E-state index contributed by atoms with van der Waals surface area (Å²) < 4.78 is 20.0. The first-order valence-corrected chi connectivity index (χ1v) is 14.1. The highest BCUT2D eigenvalue weighted by molar-refractivity contribution is 6.03. The molecule has 0 radical (unpaired) electrons. The zero-order chi connectivity index (χ0) is 27.8. The van der Waals surface area contributed by atoms with Gasteiger partial charge in [0.25, 0.3) is 0 Å². The van der Waals surface area contributed by atoms with Crippen molar-refractivity contribution in [2.75, 3.05) is 27.4 Å². The fraction of sp³-hybridized carbons (Fsp3) is 0.667. The molecule has 8 heteroatoms. The monoisotopic (exact) mass is 534 g/mol. The second kappa shape index (κ2) is 22.1. The molecule has 0 saturated carbocycles. The van der Waals surface area contributed by atoms with Crippen LogP contribution < -0.4 is 0 Å². The summed E-state index contributed by atoms with van der Waals surface area (Å²) >= 11 is 0. The SMILES string of the molecule is COC(=O)CCCCCCCCCOC(=O)c1ccccc1C(=O)OCCCCCCCCCC(=O)OC. The average Bonchev–Trinajstić information content (AvgIpc) is 2.94.